The molecule has 0 amide bonds. The van der Waals surface area contributed by atoms with Gasteiger partial charge in [0.25, 0.3) is 0 Å². The molecule has 2 unspecified atom stereocenters. The van der Waals surface area contributed by atoms with Crippen LogP contribution in [0.15, 0.2) is 0 Å². The predicted molar refractivity (Wildman–Crippen MR) is 96.4 cm³/mol. The zero-order valence-electron chi connectivity index (χ0n) is 17.0. The third-order valence-corrected chi connectivity index (χ3v) is 4.18. The second-order valence-electron chi connectivity index (χ2n) is 6.72. The highest BCUT2D eigenvalue weighted by Crippen LogP contribution is 2.10. The molecule has 0 aromatic heterocycles. The number of esters is 4. The normalized spacial score (nSPS) is 20.5. The Balaban J connectivity index is 5.00. The van der Waals surface area contributed by atoms with Crippen molar-refractivity contribution >= 4 is 23.9 Å². The maximum atomic E-state index is 11.6. The molecular weight excluding hydrogens is 480 g/mol. The fourth-order valence-electron chi connectivity index (χ4n) is 2.02. The summed E-state index contributed by atoms with van der Waals surface area (Å²) in [5, 5.41) is 111. The Bertz CT molecular complexity index is 639. The van der Waals surface area contributed by atoms with E-state index in [2.05, 4.69) is 9.47 Å². The van der Waals surface area contributed by atoms with Gasteiger partial charge in [0, 0.05) is 0 Å². The van der Waals surface area contributed by atoms with Crippen molar-refractivity contribution in [2.45, 2.75) is 61.0 Å². The number of ether oxygens (including phenoxy) is 2. The molecule has 0 saturated carbocycles. The van der Waals surface area contributed by atoms with E-state index in [0.717, 1.165) is 0 Å². The van der Waals surface area contributed by atoms with Gasteiger partial charge in [0.1, 0.15) is 36.6 Å². The maximum absolute atomic E-state index is 11.6. The van der Waals surface area contributed by atoms with Crippen LogP contribution in [-0.2, 0) is 28.7 Å². The number of aliphatic hydroxyl groups is 12. The molecule has 0 aliphatic heterocycles. The fourth-order valence-corrected chi connectivity index (χ4v) is 2.02. The Morgan fingerprint density at radius 3 is 0.912 bits per heavy atom. The lowest BCUT2D eigenvalue weighted by Gasteiger charge is -2.25. The van der Waals surface area contributed by atoms with Crippen molar-refractivity contribution < 1.29 is 89.9 Å². The molecule has 18 heteroatoms. The Morgan fingerprint density at radius 1 is 0.441 bits per heavy atom. The van der Waals surface area contributed by atoms with Gasteiger partial charge in [-0.2, -0.15) is 0 Å². The van der Waals surface area contributed by atoms with Crippen molar-refractivity contribution in [1.82, 2.24) is 0 Å². The third kappa shape index (κ3) is 8.54. The molecular formula is C16H26O18. The molecule has 0 aromatic carbocycles. The highest BCUT2D eigenvalue weighted by atomic mass is 16.6. The number of carbonyl (C=O) groups is 4. The van der Waals surface area contributed by atoms with E-state index in [4.69, 9.17) is 20.4 Å². The number of carbonyl (C=O) groups excluding carboxylic acids is 4. The predicted octanol–water partition coefficient (Wildman–Crippen LogP) is -9.28. The van der Waals surface area contributed by atoms with Crippen LogP contribution in [0, 0.1) is 0 Å². The third-order valence-electron chi connectivity index (χ3n) is 4.18. The molecule has 0 aromatic rings. The minimum atomic E-state index is -2.97. The maximum Gasteiger partial charge on any atom is 0.346 e. The van der Waals surface area contributed by atoms with E-state index >= 15 is 0 Å². The minimum absolute atomic E-state index is 1.10. The highest BCUT2D eigenvalue weighted by Gasteiger charge is 2.41. The summed E-state index contributed by atoms with van der Waals surface area (Å²) < 4.78 is 7.74. The van der Waals surface area contributed by atoms with Crippen LogP contribution in [0.5, 0.6) is 0 Å². The number of aliphatic hydroxyl groups excluding tert-OH is 12. The summed E-state index contributed by atoms with van der Waals surface area (Å²) in [5.41, 5.74) is 0. The summed E-state index contributed by atoms with van der Waals surface area (Å²) in [6.45, 7) is -2.20. The molecule has 0 saturated heterocycles. The van der Waals surface area contributed by atoms with Crippen LogP contribution in [0.3, 0.4) is 0 Å². The van der Waals surface area contributed by atoms with Crippen LogP contribution in [0.1, 0.15) is 0 Å². The lowest BCUT2D eigenvalue weighted by molar-refractivity contribution is -0.191. The standard InChI is InChI=1S/C16H26O18/c17-1-3(19)5(21)7(23)9(25)13(29)33-15(31)11(27)12(28)16(32)34-14(30)10(26)8(24)6(22)4(20)2-18/h3-12,17-28H,1-2H2/t3-,4-,5-,6-,7+,8+,9-,10-,11?,12?/m1/s1. The molecule has 34 heavy (non-hydrogen) atoms. The van der Waals surface area contributed by atoms with Gasteiger partial charge in [-0.05, 0) is 0 Å². The summed E-state index contributed by atoms with van der Waals surface area (Å²) in [5.74, 6) is -8.39. The number of hydrogen-bond donors (Lipinski definition) is 12. The zero-order valence-corrected chi connectivity index (χ0v) is 17.0. The van der Waals surface area contributed by atoms with E-state index in [1.54, 1.807) is 0 Å². The summed E-state index contributed by atoms with van der Waals surface area (Å²) >= 11 is 0. The van der Waals surface area contributed by atoms with Crippen LogP contribution in [0.2, 0.25) is 0 Å². The summed E-state index contributed by atoms with van der Waals surface area (Å²) in [6, 6.07) is 0. The van der Waals surface area contributed by atoms with Crippen molar-refractivity contribution in [2.24, 2.45) is 0 Å². The topological polar surface area (TPSA) is 330 Å². The molecule has 0 bridgehead atoms. The van der Waals surface area contributed by atoms with Gasteiger partial charge in [0.15, 0.2) is 24.4 Å². The lowest BCUT2D eigenvalue weighted by Crippen LogP contribution is -2.51. The average Bonchev–Trinajstić information content (AvgIpc) is 2.83. The van der Waals surface area contributed by atoms with Crippen molar-refractivity contribution in [3.8, 4) is 0 Å². The molecule has 0 aliphatic rings. The van der Waals surface area contributed by atoms with E-state index in [1.807, 2.05) is 0 Å². The fraction of sp³-hybridized carbons (Fsp3) is 0.750. The Morgan fingerprint density at radius 2 is 0.676 bits per heavy atom. The first kappa shape index (κ1) is 31.8. The van der Waals surface area contributed by atoms with E-state index in [1.165, 1.54) is 0 Å². The van der Waals surface area contributed by atoms with E-state index in [0.29, 0.717) is 0 Å². The number of hydrogen-bond acceptors (Lipinski definition) is 18. The molecule has 0 aliphatic carbocycles. The summed E-state index contributed by atoms with van der Waals surface area (Å²) in [7, 11) is 0. The molecule has 12 N–H and O–H groups in total. The van der Waals surface area contributed by atoms with Crippen LogP contribution in [0.25, 0.3) is 0 Å². The largest absolute Gasteiger partial charge is 0.394 e. The molecule has 18 nitrogen and oxygen atoms in total. The summed E-state index contributed by atoms with van der Waals surface area (Å²) in [6.07, 6.45) is -25.0. The lowest BCUT2D eigenvalue weighted by atomic mass is 10.0. The summed E-state index contributed by atoms with van der Waals surface area (Å²) in [4.78, 5) is 46.5. The zero-order chi connectivity index (χ0) is 26.9. The van der Waals surface area contributed by atoms with Gasteiger partial charge in [-0.3, -0.25) is 0 Å². The molecule has 198 valence electrons. The van der Waals surface area contributed by atoms with E-state index in [-0.39, 0.29) is 0 Å². The molecule has 0 spiro atoms. The van der Waals surface area contributed by atoms with Gasteiger partial charge in [-0.25, -0.2) is 19.2 Å². The number of rotatable bonds is 13. The molecule has 0 rings (SSSR count). The average molecular weight is 506 g/mol. The van der Waals surface area contributed by atoms with Crippen LogP contribution >= 0.6 is 0 Å². The van der Waals surface area contributed by atoms with Crippen LogP contribution in [0.4, 0.5) is 0 Å². The first-order valence-corrected chi connectivity index (χ1v) is 9.15. The van der Waals surface area contributed by atoms with Crippen molar-refractivity contribution in [2.75, 3.05) is 13.2 Å². The monoisotopic (exact) mass is 506 g/mol. The van der Waals surface area contributed by atoms with E-state index < -0.39 is 98.1 Å². The molecule has 10 atom stereocenters. The highest BCUT2D eigenvalue weighted by molar-refractivity contribution is 5.96. The van der Waals surface area contributed by atoms with Gasteiger partial charge in [0.05, 0.1) is 13.2 Å². The first-order valence-electron chi connectivity index (χ1n) is 9.15. The Labute approximate surface area is 189 Å². The van der Waals surface area contributed by atoms with Crippen molar-refractivity contribution in [3.05, 3.63) is 0 Å². The van der Waals surface area contributed by atoms with Gasteiger partial charge < -0.3 is 70.8 Å². The first-order chi connectivity index (χ1) is 15.6. The van der Waals surface area contributed by atoms with Crippen molar-refractivity contribution in [3.63, 3.8) is 0 Å². The molecule has 0 fully saturated rings. The second kappa shape index (κ2) is 14.3. The Kier molecular flexibility index (Phi) is 13.3. The van der Waals surface area contributed by atoms with Gasteiger partial charge in [-0.1, -0.05) is 0 Å². The second-order valence-corrected chi connectivity index (χ2v) is 6.72. The van der Waals surface area contributed by atoms with Gasteiger partial charge >= 0.3 is 23.9 Å². The van der Waals surface area contributed by atoms with Crippen LogP contribution in [-0.4, -0.2) is 159 Å². The van der Waals surface area contributed by atoms with E-state index in [9.17, 15) is 60.0 Å². The molecule has 0 radical (unpaired) electrons. The van der Waals surface area contributed by atoms with Gasteiger partial charge in [-0.15, -0.1) is 0 Å². The van der Waals surface area contributed by atoms with Crippen LogP contribution < -0.4 is 0 Å². The quantitative estimate of drug-likeness (QED) is 0.0814. The minimum Gasteiger partial charge on any atom is -0.394 e. The smallest absolute Gasteiger partial charge is 0.346 e. The Hall–Kier alpha value is -2.20. The van der Waals surface area contributed by atoms with Gasteiger partial charge in [0.2, 0.25) is 0 Å². The molecule has 0 heterocycles. The van der Waals surface area contributed by atoms with Crippen molar-refractivity contribution in [1.29, 1.82) is 0 Å². The SMILES string of the molecule is O=C(OC(=O)[C@H](O)[C@@H](O)[C@H](O)[C@H](O)CO)C(O)C(O)C(=O)OC(=O)[C@H](O)[C@@H](O)[C@H](O)[C@H](O)CO.